The zero-order valence-corrected chi connectivity index (χ0v) is 13.2. The molecule has 0 aliphatic carbocycles. The zero-order chi connectivity index (χ0) is 15.0. The number of halogens is 3. The van der Waals surface area contributed by atoms with Gasteiger partial charge in [0.15, 0.2) is 0 Å². The Labute approximate surface area is 135 Å². The van der Waals surface area contributed by atoms with Crippen molar-refractivity contribution in [3.8, 4) is 0 Å². The number of aliphatic hydroxyl groups is 1. The Morgan fingerprint density at radius 2 is 1.67 bits per heavy atom. The average molecular weight is 366 g/mol. The summed E-state index contributed by atoms with van der Waals surface area (Å²) >= 11 is 9.47. The largest absolute Gasteiger partial charge is 0.384 e. The van der Waals surface area contributed by atoms with Crippen molar-refractivity contribution in [1.82, 2.24) is 0 Å². The summed E-state index contributed by atoms with van der Waals surface area (Å²) in [6.07, 6.45) is -0.957. The van der Waals surface area contributed by atoms with Crippen LogP contribution < -0.4 is 0 Å². The smallest absolute Gasteiger partial charge is 0.123 e. The Bertz CT molecular complexity index is 819. The van der Waals surface area contributed by atoms with Crippen LogP contribution >= 0.6 is 27.5 Å². The summed E-state index contributed by atoms with van der Waals surface area (Å²) in [4.78, 5) is 0. The molecule has 0 aliphatic rings. The van der Waals surface area contributed by atoms with Gasteiger partial charge < -0.3 is 5.11 Å². The second kappa shape index (κ2) is 5.76. The van der Waals surface area contributed by atoms with E-state index in [1.54, 1.807) is 0 Å². The van der Waals surface area contributed by atoms with Crippen LogP contribution in [0.3, 0.4) is 0 Å². The van der Waals surface area contributed by atoms with E-state index in [2.05, 4.69) is 15.9 Å². The number of benzene rings is 3. The maximum absolute atomic E-state index is 13.3. The first-order valence-electron chi connectivity index (χ1n) is 6.37. The Hall–Kier alpha value is -1.42. The first-order valence-corrected chi connectivity index (χ1v) is 7.54. The van der Waals surface area contributed by atoms with Crippen molar-refractivity contribution in [3.63, 3.8) is 0 Å². The highest BCUT2D eigenvalue weighted by molar-refractivity contribution is 9.10. The molecule has 4 heteroatoms. The topological polar surface area (TPSA) is 20.2 Å². The predicted octanol–water partition coefficient (Wildman–Crippen LogP) is 5.48. The number of fused-ring (bicyclic) bond motifs is 1. The molecule has 0 radical (unpaired) electrons. The molecule has 3 aromatic carbocycles. The summed E-state index contributed by atoms with van der Waals surface area (Å²) in [6.45, 7) is 0. The van der Waals surface area contributed by atoms with Gasteiger partial charge in [-0.1, -0.05) is 45.7 Å². The molecule has 0 saturated heterocycles. The molecule has 0 fully saturated rings. The first kappa shape index (κ1) is 14.5. The van der Waals surface area contributed by atoms with Gasteiger partial charge in [-0.05, 0) is 52.7 Å². The normalized spacial score (nSPS) is 12.6. The van der Waals surface area contributed by atoms with E-state index in [1.807, 2.05) is 36.4 Å². The monoisotopic (exact) mass is 364 g/mol. The third kappa shape index (κ3) is 2.95. The second-order valence-electron chi connectivity index (χ2n) is 4.82. The Balaban J connectivity index is 2.07. The molecule has 0 saturated carbocycles. The molecule has 3 rings (SSSR count). The molecule has 1 atom stereocenters. The highest BCUT2D eigenvalue weighted by Gasteiger charge is 2.15. The van der Waals surface area contributed by atoms with Crippen LogP contribution in [0.15, 0.2) is 59.1 Å². The Kier molecular flexibility index (Phi) is 3.98. The van der Waals surface area contributed by atoms with E-state index in [-0.39, 0.29) is 0 Å². The minimum absolute atomic E-state index is 0.347. The van der Waals surface area contributed by atoms with Gasteiger partial charge in [-0.3, -0.25) is 0 Å². The summed E-state index contributed by atoms with van der Waals surface area (Å²) in [6, 6.07) is 15.5. The lowest BCUT2D eigenvalue weighted by atomic mass is 9.98. The fourth-order valence-electron chi connectivity index (χ4n) is 2.31. The van der Waals surface area contributed by atoms with Crippen molar-refractivity contribution in [2.24, 2.45) is 0 Å². The molecule has 0 bridgehead atoms. The van der Waals surface area contributed by atoms with Gasteiger partial charge in [-0.15, -0.1) is 0 Å². The molecule has 106 valence electrons. The highest BCUT2D eigenvalue weighted by atomic mass is 79.9. The molecule has 1 N–H and O–H groups in total. The van der Waals surface area contributed by atoms with Crippen LogP contribution in [-0.2, 0) is 0 Å². The summed E-state index contributed by atoms with van der Waals surface area (Å²) < 4.78 is 14.3. The molecule has 0 aromatic heterocycles. The van der Waals surface area contributed by atoms with Gasteiger partial charge in [0.25, 0.3) is 0 Å². The minimum Gasteiger partial charge on any atom is -0.384 e. The van der Waals surface area contributed by atoms with Crippen molar-refractivity contribution in [3.05, 3.63) is 81.0 Å². The van der Waals surface area contributed by atoms with Crippen molar-refractivity contribution in [2.45, 2.75) is 6.10 Å². The molecular weight excluding hydrogens is 355 g/mol. The van der Waals surface area contributed by atoms with Crippen molar-refractivity contribution in [2.75, 3.05) is 0 Å². The second-order valence-corrected chi connectivity index (χ2v) is 6.14. The van der Waals surface area contributed by atoms with Crippen LogP contribution in [0.5, 0.6) is 0 Å². The zero-order valence-electron chi connectivity index (χ0n) is 10.9. The van der Waals surface area contributed by atoms with E-state index in [1.165, 1.54) is 18.2 Å². The van der Waals surface area contributed by atoms with Gasteiger partial charge in [0, 0.05) is 15.1 Å². The van der Waals surface area contributed by atoms with Crippen LogP contribution in [0, 0.1) is 5.82 Å². The summed E-state index contributed by atoms with van der Waals surface area (Å²) in [5.74, 6) is -0.418. The van der Waals surface area contributed by atoms with E-state index < -0.39 is 11.9 Å². The maximum Gasteiger partial charge on any atom is 0.123 e. The summed E-state index contributed by atoms with van der Waals surface area (Å²) in [5, 5.41) is 12.9. The fourth-order valence-corrected chi connectivity index (χ4v) is 2.91. The van der Waals surface area contributed by atoms with Crippen molar-refractivity contribution >= 4 is 38.3 Å². The molecule has 21 heavy (non-hydrogen) atoms. The van der Waals surface area contributed by atoms with Crippen LogP contribution in [0.25, 0.3) is 10.8 Å². The molecule has 0 heterocycles. The van der Waals surface area contributed by atoms with E-state index in [0.717, 1.165) is 15.2 Å². The van der Waals surface area contributed by atoms with Crippen LogP contribution in [0.2, 0.25) is 5.02 Å². The third-order valence-corrected chi connectivity index (χ3v) is 4.23. The number of hydrogen-bond donors (Lipinski definition) is 1. The quantitative estimate of drug-likeness (QED) is 0.638. The van der Waals surface area contributed by atoms with Gasteiger partial charge in [0.1, 0.15) is 11.9 Å². The van der Waals surface area contributed by atoms with Gasteiger partial charge in [-0.25, -0.2) is 4.39 Å². The van der Waals surface area contributed by atoms with E-state index >= 15 is 0 Å². The van der Waals surface area contributed by atoms with Gasteiger partial charge in [0.2, 0.25) is 0 Å². The van der Waals surface area contributed by atoms with Crippen molar-refractivity contribution < 1.29 is 9.50 Å². The number of hydrogen-bond acceptors (Lipinski definition) is 1. The summed E-state index contributed by atoms with van der Waals surface area (Å²) in [5.41, 5.74) is 1.05. The maximum atomic E-state index is 13.3. The molecule has 0 spiro atoms. The number of aliphatic hydroxyl groups excluding tert-OH is 1. The lowest BCUT2D eigenvalue weighted by molar-refractivity contribution is 0.220. The molecule has 0 amide bonds. The predicted molar refractivity (Wildman–Crippen MR) is 87.1 cm³/mol. The third-order valence-electron chi connectivity index (χ3n) is 3.39. The lowest BCUT2D eigenvalue weighted by Gasteiger charge is -2.14. The van der Waals surface area contributed by atoms with Gasteiger partial charge >= 0.3 is 0 Å². The Morgan fingerprint density at radius 3 is 2.48 bits per heavy atom. The molecule has 1 nitrogen and oxygen atoms in total. The van der Waals surface area contributed by atoms with Gasteiger partial charge in [-0.2, -0.15) is 0 Å². The number of rotatable bonds is 2. The summed E-state index contributed by atoms with van der Waals surface area (Å²) in [7, 11) is 0. The average Bonchev–Trinajstić information content (AvgIpc) is 2.48. The van der Waals surface area contributed by atoms with Crippen LogP contribution in [-0.4, -0.2) is 5.11 Å². The lowest BCUT2D eigenvalue weighted by Crippen LogP contribution is -2.01. The first-order chi connectivity index (χ1) is 10.0. The van der Waals surface area contributed by atoms with E-state index in [4.69, 9.17) is 11.6 Å². The highest BCUT2D eigenvalue weighted by Crippen LogP contribution is 2.31. The van der Waals surface area contributed by atoms with Crippen LogP contribution in [0.1, 0.15) is 17.2 Å². The van der Waals surface area contributed by atoms with E-state index in [9.17, 15) is 9.50 Å². The Morgan fingerprint density at radius 1 is 0.952 bits per heavy atom. The SMILES string of the molecule is OC(c1ccc2cc(Br)ccc2c1)c1cc(F)ccc1Cl. The van der Waals surface area contributed by atoms with E-state index in [0.29, 0.717) is 16.1 Å². The van der Waals surface area contributed by atoms with Crippen LogP contribution in [0.4, 0.5) is 4.39 Å². The van der Waals surface area contributed by atoms with Gasteiger partial charge in [0.05, 0.1) is 0 Å². The minimum atomic E-state index is -0.957. The molecule has 0 aliphatic heterocycles. The fraction of sp³-hybridized carbons (Fsp3) is 0.0588. The molecule has 1 unspecified atom stereocenters. The standard InChI is InChI=1S/C17H11BrClFO/c18-13-4-3-10-7-12(2-1-11(10)8-13)17(21)15-9-14(20)5-6-16(15)19/h1-9,17,21H. The molecular formula is C17H11BrClFO. The molecule has 3 aromatic rings. The van der Waals surface area contributed by atoms with Crippen molar-refractivity contribution in [1.29, 1.82) is 0 Å².